The molecule has 1 unspecified atom stereocenters. The zero-order valence-electron chi connectivity index (χ0n) is 14.1. The zero-order valence-corrected chi connectivity index (χ0v) is 14.9. The van der Waals surface area contributed by atoms with Gasteiger partial charge in [0.2, 0.25) is 5.91 Å². The van der Waals surface area contributed by atoms with E-state index < -0.39 is 0 Å². The Balaban J connectivity index is 1.62. The van der Waals surface area contributed by atoms with E-state index in [9.17, 15) is 4.79 Å². The maximum atomic E-state index is 11.7. The number of carbonyl (C=O) groups excluding carboxylic acids is 1. The van der Waals surface area contributed by atoms with Gasteiger partial charge in [-0.05, 0) is 6.07 Å². The first-order chi connectivity index (χ1) is 11.6. The van der Waals surface area contributed by atoms with Crippen molar-refractivity contribution in [3.63, 3.8) is 0 Å². The minimum Gasteiger partial charge on any atom is -0.371 e. The number of thiazole rings is 1. The van der Waals surface area contributed by atoms with Crippen molar-refractivity contribution in [3.05, 3.63) is 34.5 Å². The van der Waals surface area contributed by atoms with Crippen LogP contribution in [-0.4, -0.2) is 64.3 Å². The topological polar surface area (TPSA) is 63.5 Å². The highest BCUT2D eigenvalue weighted by molar-refractivity contribution is 7.09. The minimum atomic E-state index is -0.0111. The van der Waals surface area contributed by atoms with Crippen molar-refractivity contribution in [2.24, 2.45) is 5.92 Å². The van der Waals surface area contributed by atoms with Crippen LogP contribution in [0.4, 0.5) is 0 Å². The third-order valence-corrected chi connectivity index (χ3v) is 4.82. The summed E-state index contributed by atoms with van der Waals surface area (Å²) in [6.07, 6.45) is 3.69. The Morgan fingerprint density at radius 1 is 1.42 bits per heavy atom. The molecule has 7 nitrogen and oxygen atoms in total. The quantitative estimate of drug-likeness (QED) is 0.781. The predicted octanol–water partition coefficient (Wildman–Crippen LogP) is 1.08. The summed E-state index contributed by atoms with van der Waals surface area (Å²) in [5.41, 5.74) is 1.21. The van der Waals surface area contributed by atoms with Crippen LogP contribution in [0.3, 0.4) is 0 Å². The molecular weight excluding hydrogens is 326 g/mol. The van der Waals surface area contributed by atoms with Gasteiger partial charge in [0.25, 0.3) is 0 Å². The lowest BCUT2D eigenvalue weighted by Gasteiger charge is -2.23. The molecule has 1 atom stereocenters. The fourth-order valence-corrected chi connectivity index (χ4v) is 3.47. The lowest BCUT2D eigenvalue weighted by Crippen LogP contribution is -2.32. The molecule has 3 heterocycles. The van der Waals surface area contributed by atoms with Gasteiger partial charge in [-0.2, -0.15) is 5.10 Å². The van der Waals surface area contributed by atoms with Crippen molar-refractivity contribution >= 4 is 17.2 Å². The van der Waals surface area contributed by atoms with E-state index in [4.69, 9.17) is 4.74 Å². The maximum absolute atomic E-state index is 11.7. The van der Waals surface area contributed by atoms with E-state index in [-0.39, 0.29) is 12.5 Å². The summed E-state index contributed by atoms with van der Waals surface area (Å²) in [4.78, 5) is 20.0. The smallest absolute Gasteiger partial charge is 0.248 e. The second-order valence-electron chi connectivity index (χ2n) is 6.27. The summed E-state index contributed by atoms with van der Waals surface area (Å²) in [5.74, 6) is 0.282. The second-order valence-corrected chi connectivity index (χ2v) is 7.25. The first-order valence-electron chi connectivity index (χ1n) is 8.01. The molecule has 3 rings (SSSR count). The highest BCUT2D eigenvalue weighted by atomic mass is 32.1. The number of hydrogen-bond acceptors (Lipinski definition) is 6. The van der Waals surface area contributed by atoms with Crippen LogP contribution in [0.25, 0.3) is 0 Å². The zero-order chi connectivity index (χ0) is 16.9. The van der Waals surface area contributed by atoms with Gasteiger partial charge in [-0.15, -0.1) is 11.3 Å². The number of hydrogen-bond donors (Lipinski definition) is 0. The third-order valence-electron chi connectivity index (χ3n) is 4.06. The Morgan fingerprint density at radius 2 is 2.29 bits per heavy atom. The van der Waals surface area contributed by atoms with Gasteiger partial charge in [-0.3, -0.25) is 14.4 Å². The van der Waals surface area contributed by atoms with Crippen LogP contribution < -0.4 is 0 Å². The van der Waals surface area contributed by atoms with Gasteiger partial charge >= 0.3 is 0 Å². The number of ether oxygens (including phenoxy) is 1. The van der Waals surface area contributed by atoms with Gasteiger partial charge in [-0.25, -0.2) is 4.98 Å². The van der Waals surface area contributed by atoms with E-state index in [2.05, 4.69) is 21.0 Å². The van der Waals surface area contributed by atoms with Gasteiger partial charge in [0.1, 0.15) is 11.6 Å². The van der Waals surface area contributed by atoms with E-state index in [0.29, 0.717) is 12.5 Å². The van der Waals surface area contributed by atoms with Gasteiger partial charge in [0.15, 0.2) is 0 Å². The first-order valence-corrected chi connectivity index (χ1v) is 8.89. The van der Waals surface area contributed by atoms with Gasteiger partial charge < -0.3 is 9.64 Å². The van der Waals surface area contributed by atoms with E-state index in [0.717, 1.165) is 31.2 Å². The predicted molar refractivity (Wildman–Crippen MR) is 91.5 cm³/mol. The van der Waals surface area contributed by atoms with Crippen LogP contribution in [0.15, 0.2) is 23.8 Å². The van der Waals surface area contributed by atoms with Crippen molar-refractivity contribution in [1.29, 1.82) is 0 Å². The summed E-state index contributed by atoms with van der Waals surface area (Å²) in [5, 5.41) is 7.54. The van der Waals surface area contributed by atoms with Gasteiger partial charge in [0, 0.05) is 57.4 Å². The van der Waals surface area contributed by atoms with E-state index in [1.54, 1.807) is 30.3 Å². The number of amides is 1. The van der Waals surface area contributed by atoms with Crippen molar-refractivity contribution in [1.82, 2.24) is 24.6 Å². The van der Waals surface area contributed by atoms with E-state index in [1.807, 2.05) is 22.5 Å². The Hall–Kier alpha value is -1.77. The molecule has 1 amide bonds. The summed E-state index contributed by atoms with van der Waals surface area (Å²) in [6, 6.07) is 2.06. The molecule has 0 spiro atoms. The largest absolute Gasteiger partial charge is 0.371 e. The summed E-state index contributed by atoms with van der Waals surface area (Å²) >= 11 is 1.68. The SMILES string of the molecule is CN(C)C(=O)COCC1CN(Cc2nccs2)Cc2ccnn2C1. The number of nitrogens with zero attached hydrogens (tertiary/aromatic N) is 5. The average molecular weight is 349 g/mol. The van der Waals surface area contributed by atoms with Crippen LogP contribution in [0.1, 0.15) is 10.7 Å². The summed E-state index contributed by atoms with van der Waals surface area (Å²) in [7, 11) is 3.48. The van der Waals surface area contributed by atoms with Crippen molar-refractivity contribution in [2.75, 3.05) is 33.9 Å². The van der Waals surface area contributed by atoms with E-state index in [1.165, 1.54) is 5.69 Å². The first kappa shape index (κ1) is 17.1. The Bertz CT molecular complexity index is 655. The highest BCUT2D eigenvalue weighted by Crippen LogP contribution is 2.19. The van der Waals surface area contributed by atoms with Crippen molar-refractivity contribution < 1.29 is 9.53 Å². The van der Waals surface area contributed by atoms with Gasteiger partial charge in [-0.1, -0.05) is 0 Å². The number of carbonyl (C=O) groups is 1. The molecule has 8 heteroatoms. The van der Waals surface area contributed by atoms with Gasteiger partial charge in [0.05, 0.1) is 18.8 Å². The minimum absolute atomic E-state index is 0.0111. The summed E-state index contributed by atoms with van der Waals surface area (Å²) in [6.45, 7) is 4.07. The number of likely N-dealkylation sites (N-methyl/N-ethyl adjacent to an activating group) is 1. The molecule has 24 heavy (non-hydrogen) atoms. The number of aromatic nitrogens is 3. The highest BCUT2D eigenvalue weighted by Gasteiger charge is 2.23. The molecule has 0 fully saturated rings. The number of rotatable bonds is 6. The molecule has 0 bridgehead atoms. The Labute approximate surface area is 145 Å². The molecule has 2 aromatic rings. The molecule has 0 saturated heterocycles. The molecule has 2 aromatic heterocycles. The van der Waals surface area contributed by atoms with Crippen molar-refractivity contribution in [3.8, 4) is 0 Å². The third kappa shape index (κ3) is 4.40. The molecule has 1 aliphatic rings. The van der Waals surface area contributed by atoms with Crippen LogP contribution in [0.5, 0.6) is 0 Å². The number of fused-ring (bicyclic) bond motifs is 1. The molecule has 0 saturated carbocycles. The molecule has 130 valence electrons. The van der Waals surface area contributed by atoms with E-state index >= 15 is 0 Å². The molecule has 0 aromatic carbocycles. The monoisotopic (exact) mass is 349 g/mol. The molecule has 0 aliphatic carbocycles. The van der Waals surface area contributed by atoms with Crippen LogP contribution in [0.2, 0.25) is 0 Å². The standard InChI is InChI=1S/C16H23N5O2S/c1-19(2)16(22)12-23-11-13-7-20(10-15-17-5-6-24-15)9-14-3-4-18-21(14)8-13/h3-6,13H,7-12H2,1-2H3. The second kappa shape index (κ2) is 7.87. The average Bonchev–Trinajstić information content (AvgIpc) is 3.16. The fourth-order valence-electron chi connectivity index (χ4n) is 2.81. The fraction of sp³-hybridized carbons (Fsp3) is 0.562. The van der Waals surface area contributed by atoms with Crippen LogP contribution >= 0.6 is 11.3 Å². The molecular formula is C16H23N5O2S. The maximum Gasteiger partial charge on any atom is 0.248 e. The molecule has 0 N–H and O–H groups in total. The lowest BCUT2D eigenvalue weighted by molar-refractivity contribution is -0.134. The Kier molecular flexibility index (Phi) is 5.60. The van der Waals surface area contributed by atoms with Crippen molar-refractivity contribution in [2.45, 2.75) is 19.6 Å². The van der Waals surface area contributed by atoms with Crippen LogP contribution in [0, 0.1) is 5.92 Å². The Morgan fingerprint density at radius 3 is 3.04 bits per heavy atom. The normalized spacial score (nSPS) is 18.2. The lowest BCUT2D eigenvalue weighted by atomic mass is 10.1. The summed E-state index contributed by atoms with van der Waals surface area (Å²) < 4.78 is 7.70. The molecule has 1 aliphatic heterocycles. The van der Waals surface area contributed by atoms with Crippen LogP contribution in [-0.2, 0) is 29.2 Å². The molecule has 0 radical (unpaired) electrons.